The molecule has 96 valence electrons. The van der Waals surface area contributed by atoms with Crippen LogP contribution in [0.1, 0.15) is 24.4 Å². The predicted octanol–water partition coefficient (Wildman–Crippen LogP) is 3.44. The van der Waals surface area contributed by atoms with E-state index in [1.165, 1.54) is 7.11 Å². The second kappa shape index (κ2) is 7.43. The van der Waals surface area contributed by atoms with Crippen molar-refractivity contribution in [3.05, 3.63) is 35.4 Å². The molecule has 1 aromatic rings. The van der Waals surface area contributed by atoms with E-state index in [1.54, 1.807) is 12.1 Å². The number of phenols is 1. The minimum atomic E-state index is -0.134. The molecule has 0 saturated heterocycles. The normalized spacial score (nSPS) is 11.5. The van der Waals surface area contributed by atoms with Crippen LogP contribution in [0.25, 0.3) is 0 Å². The molecule has 17 heavy (non-hydrogen) atoms. The van der Waals surface area contributed by atoms with Gasteiger partial charge in [0.05, 0.1) is 12.1 Å². The molecule has 0 spiro atoms. The number of benzene rings is 1. The highest BCUT2D eigenvalue weighted by atomic mass is 35.5. The van der Waals surface area contributed by atoms with Crippen molar-refractivity contribution in [2.75, 3.05) is 7.11 Å². The summed E-state index contributed by atoms with van der Waals surface area (Å²) in [5.41, 5.74) is 6.83. The van der Waals surface area contributed by atoms with Gasteiger partial charge in [-0.05, 0) is 30.5 Å². The van der Waals surface area contributed by atoms with Crippen molar-refractivity contribution in [2.45, 2.75) is 18.9 Å². The Morgan fingerprint density at radius 3 is 2.76 bits per heavy atom. The molecule has 0 fully saturated rings. The first-order valence-electron chi connectivity index (χ1n) is 5.03. The second-order valence-electron chi connectivity index (χ2n) is 3.53. The molecule has 0 aliphatic carbocycles. The molecule has 3 nitrogen and oxygen atoms in total. The van der Waals surface area contributed by atoms with E-state index in [1.807, 2.05) is 6.08 Å². The predicted molar refractivity (Wildman–Crippen MR) is 73.3 cm³/mol. The molecule has 0 amide bonds. The molecule has 0 aliphatic heterocycles. The summed E-state index contributed by atoms with van der Waals surface area (Å²) in [5.74, 6) is 0.292. The standard InChI is InChI=1S/C12H16ClNO2.ClH/c1-3-4-5-10(14)8-6-9(13)12(15)11(7-8)16-2;/h3,6-7,10,15H,1,4-5,14H2,2H3;1H/t10-;/m1./s1. The van der Waals surface area contributed by atoms with E-state index in [0.29, 0.717) is 5.75 Å². The Bertz CT molecular complexity index is 383. The first-order chi connectivity index (χ1) is 7.60. The van der Waals surface area contributed by atoms with Crippen molar-refractivity contribution < 1.29 is 9.84 Å². The molecule has 1 aromatic carbocycles. The first-order valence-corrected chi connectivity index (χ1v) is 5.40. The van der Waals surface area contributed by atoms with Gasteiger partial charge in [-0.25, -0.2) is 0 Å². The molecule has 5 heteroatoms. The Morgan fingerprint density at radius 2 is 2.24 bits per heavy atom. The fraction of sp³-hybridized carbons (Fsp3) is 0.333. The average molecular weight is 278 g/mol. The molecule has 3 N–H and O–H groups in total. The summed E-state index contributed by atoms with van der Waals surface area (Å²) in [7, 11) is 1.48. The number of hydrogen-bond donors (Lipinski definition) is 2. The third-order valence-corrected chi connectivity index (χ3v) is 2.67. The van der Waals surface area contributed by atoms with E-state index in [9.17, 15) is 5.11 Å². The Morgan fingerprint density at radius 1 is 1.59 bits per heavy atom. The third kappa shape index (κ3) is 4.11. The van der Waals surface area contributed by atoms with Gasteiger partial charge in [0.15, 0.2) is 11.5 Å². The Hall–Kier alpha value is -0.900. The van der Waals surface area contributed by atoms with Crippen LogP contribution >= 0.6 is 24.0 Å². The number of nitrogens with two attached hydrogens (primary N) is 1. The number of ether oxygens (including phenoxy) is 1. The summed E-state index contributed by atoms with van der Waals surface area (Å²) in [5, 5.41) is 9.82. The maximum Gasteiger partial charge on any atom is 0.176 e. The van der Waals surface area contributed by atoms with Gasteiger partial charge in [0.25, 0.3) is 0 Å². The van der Waals surface area contributed by atoms with Crippen molar-refractivity contribution in [1.29, 1.82) is 0 Å². The van der Waals surface area contributed by atoms with Crippen molar-refractivity contribution in [3.63, 3.8) is 0 Å². The smallest absolute Gasteiger partial charge is 0.176 e. The van der Waals surface area contributed by atoms with Gasteiger partial charge in [-0.1, -0.05) is 17.7 Å². The van der Waals surface area contributed by atoms with E-state index in [2.05, 4.69) is 6.58 Å². The molecule has 0 radical (unpaired) electrons. The van der Waals surface area contributed by atoms with Crippen molar-refractivity contribution in [1.82, 2.24) is 0 Å². The average Bonchev–Trinajstić information content (AvgIpc) is 2.29. The van der Waals surface area contributed by atoms with E-state index < -0.39 is 0 Å². The van der Waals surface area contributed by atoms with Crippen molar-refractivity contribution in [3.8, 4) is 11.5 Å². The van der Waals surface area contributed by atoms with Crippen molar-refractivity contribution in [2.24, 2.45) is 5.73 Å². The van der Waals surface area contributed by atoms with E-state index >= 15 is 0 Å². The minimum Gasteiger partial charge on any atom is -0.503 e. The van der Waals surface area contributed by atoms with Crippen molar-refractivity contribution >= 4 is 24.0 Å². The van der Waals surface area contributed by atoms with E-state index in [0.717, 1.165) is 18.4 Å². The number of aromatic hydroxyl groups is 1. The number of hydrogen-bond acceptors (Lipinski definition) is 3. The lowest BCUT2D eigenvalue weighted by molar-refractivity contribution is 0.372. The fourth-order valence-corrected chi connectivity index (χ4v) is 1.65. The Labute approximate surface area is 113 Å². The number of allylic oxidation sites excluding steroid dienone is 1. The Kier molecular flexibility index (Phi) is 7.04. The van der Waals surface area contributed by atoms with Crippen LogP contribution in [-0.2, 0) is 0 Å². The molecule has 0 aromatic heterocycles. The van der Waals surface area contributed by atoms with Gasteiger partial charge < -0.3 is 15.6 Å². The lowest BCUT2D eigenvalue weighted by atomic mass is 10.0. The van der Waals surface area contributed by atoms with Crippen LogP contribution in [-0.4, -0.2) is 12.2 Å². The van der Waals surface area contributed by atoms with Gasteiger partial charge in [0, 0.05) is 6.04 Å². The highest BCUT2D eigenvalue weighted by molar-refractivity contribution is 6.32. The van der Waals surface area contributed by atoms with Crippen LogP contribution in [0.4, 0.5) is 0 Å². The number of phenolic OH excluding ortho intramolecular Hbond substituents is 1. The van der Waals surface area contributed by atoms with Gasteiger partial charge in [-0.2, -0.15) is 0 Å². The van der Waals surface area contributed by atoms with Crippen LogP contribution in [0.2, 0.25) is 5.02 Å². The lowest BCUT2D eigenvalue weighted by Crippen LogP contribution is -2.10. The van der Waals surface area contributed by atoms with Gasteiger partial charge >= 0.3 is 0 Å². The van der Waals surface area contributed by atoms with Crippen LogP contribution in [0.5, 0.6) is 11.5 Å². The highest BCUT2D eigenvalue weighted by Gasteiger charge is 2.12. The van der Waals surface area contributed by atoms with Gasteiger partial charge in [0.2, 0.25) is 0 Å². The molecule has 1 atom stereocenters. The molecule has 0 unspecified atom stereocenters. The molecule has 0 bridgehead atoms. The molecule has 0 heterocycles. The molecular weight excluding hydrogens is 261 g/mol. The van der Waals surface area contributed by atoms with Crippen LogP contribution in [0, 0.1) is 0 Å². The highest BCUT2D eigenvalue weighted by Crippen LogP contribution is 2.36. The van der Waals surface area contributed by atoms with E-state index in [4.69, 9.17) is 22.1 Å². The van der Waals surface area contributed by atoms with E-state index in [-0.39, 0.29) is 29.2 Å². The van der Waals surface area contributed by atoms with Crippen LogP contribution < -0.4 is 10.5 Å². The Balaban J connectivity index is 0.00000256. The fourth-order valence-electron chi connectivity index (χ4n) is 1.43. The largest absolute Gasteiger partial charge is 0.503 e. The molecule has 0 saturated carbocycles. The number of methoxy groups -OCH3 is 1. The molecule has 0 aliphatic rings. The van der Waals surface area contributed by atoms with Gasteiger partial charge in [0.1, 0.15) is 0 Å². The molecule has 1 rings (SSSR count). The summed E-state index contributed by atoms with van der Waals surface area (Å²) in [6, 6.07) is 3.23. The maximum atomic E-state index is 9.57. The summed E-state index contributed by atoms with van der Waals surface area (Å²) < 4.78 is 5.01. The second-order valence-corrected chi connectivity index (χ2v) is 3.93. The monoisotopic (exact) mass is 277 g/mol. The zero-order valence-corrected chi connectivity index (χ0v) is 11.2. The zero-order valence-electron chi connectivity index (χ0n) is 9.65. The number of halogens is 2. The molecular formula is C12H17Cl2NO2. The first kappa shape index (κ1) is 16.1. The zero-order chi connectivity index (χ0) is 12.1. The minimum absolute atomic E-state index is 0. The van der Waals surface area contributed by atoms with Gasteiger partial charge in [-0.3, -0.25) is 0 Å². The summed E-state index contributed by atoms with van der Waals surface area (Å²) >= 11 is 5.87. The quantitative estimate of drug-likeness (QED) is 0.811. The number of rotatable bonds is 5. The topological polar surface area (TPSA) is 55.5 Å². The SMILES string of the molecule is C=CCC[C@@H](N)c1cc(Cl)c(O)c(OC)c1.Cl. The van der Waals surface area contributed by atoms with Crippen LogP contribution in [0.15, 0.2) is 24.8 Å². The van der Waals surface area contributed by atoms with Gasteiger partial charge in [-0.15, -0.1) is 19.0 Å². The summed E-state index contributed by atoms with van der Waals surface area (Å²) in [6.45, 7) is 3.65. The summed E-state index contributed by atoms with van der Waals surface area (Å²) in [4.78, 5) is 0. The third-order valence-electron chi connectivity index (χ3n) is 2.38. The lowest BCUT2D eigenvalue weighted by Gasteiger charge is -2.14. The summed E-state index contributed by atoms with van der Waals surface area (Å²) in [6.07, 6.45) is 3.44. The van der Waals surface area contributed by atoms with Crippen LogP contribution in [0.3, 0.4) is 0 Å². The maximum absolute atomic E-state index is 9.57.